The normalized spacial score (nSPS) is 12.1. The zero-order valence-electron chi connectivity index (χ0n) is 19.4. The van der Waals surface area contributed by atoms with E-state index in [9.17, 15) is 14.4 Å². The Morgan fingerprint density at radius 1 is 0.500 bits per heavy atom. The second-order valence-electron chi connectivity index (χ2n) is 7.88. The molecule has 0 N–H and O–H groups in total. The first-order valence-corrected chi connectivity index (χ1v) is 11.4. The quantitative estimate of drug-likeness (QED) is 0.227. The van der Waals surface area contributed by atoms with Gasteiger partial charge in [-0.1, -0.05) is 84.9 Å². The molecule has 4 aromatic carbocycles. The molecular formula is C30H24O6. The first-order chi connectivity index (χ1) is 17.6. The van der Waals surface area contributed by atoms with Crippen molar-refractivity contribution >= 4 is 17.9 Å². The van der Waals surface area contributed by atoms with Crippen LogP contribution in [0.3, 0.4) is 0 Å². The van der Waals surface area contributed by atoms with Crippen molar-refractivity contribution in [3.8, 4) is 0 Å². The molecule has 0 aliphatic carbocycles. The highest BCUT2D eigenvalue weighted by molar-refractivity contribution is 5.91. The summed E-state index contributed by atoms with van der Waals surface area (Å²) in [6.45, 7) is -0.325. The van der Waals surface area contributed by atoms with Gasteiger partial charge in [0.05, 0.1) is 16.7 Å². The molecule has 0 heterocycles. The van der Waals surface area contributed by atoms with Gasteiger partial charge >= 0.3 is 17.9 Å². The Bertz CT molecular complexity index is 1270. The Hall–Kier alpha value is -4.71. The third-order valence-electron chi connectivity index (χ3n) is 5.37. The molecule has 4 aromatic rings. The van der Waals surface area contributed by atoms with Gasteiger partial charge in [0.1, 0.15) is 6.61 Å². The fourth-order valence-electron chi connectivity index (χ4n) is 3.54. The van der Waals surface area contributed by atoms with Crippen molar-refractivity contribution in [2.24, 2.45) is 0 Å². The maximum Gasteiger partial charge on any atom is 0.338 e. The van der Waals surface area contributed by atoms with Crippen LogP contribution in [0.15, 0.2) is 121 Å². The summed E-state index contributed by atoms with van der Waals surface area (Å²) in [6.07, 6.45) is -2.14. The maximum atomic E-state index is 13.0. The van der Waals surface area contributed by atoms with Gasteiger partial charge in [-0.15, -0.1) is 0 Å². The van der Waals surface area contributed by atoms with E-state index in [1.165, 1.54) is 0 Å². The molecule has 36 heavy (non-hydrogen) atoms. The van der Waals surface area contributed by atoms with Crippen LogP contribution in [0, 0.1) is 0 Å². The molecule has 0 saturated heterocycles. The Kier molecular flexibility index (Phi) is 8.22. The molecule has 0 spiro atoms. The number of hydrogen-bond acceptors (Lipinski definition) is 6. The molecule has 0 aliphatic rings. The smallest absolute Gasteiger partial charge is 0.338 e. The summed E-state index contributed by atoms with van der Waals surface area (Å²) >= 11 is 0. The molecule has 180 valence electrons. The van der Waals surface area contributed by atoms with E-state index in [2.05, 4.69) is 0 Å². The van der Waals surface area contributed by atoms with Crippen molar-refractivity contribution < 1.29 is 28.6 Å². The molecule has 0 bridgehead atoms. The van der Waals surface area contributed by atoms with Crippen molar-refractivity contribution in [1.82, 2.24) is 0 Å². The highest BCUT2D eigenvalue weighted by Crippen LogP contribution is 2.27. The van der Waals surface area contributed by atoms with Crippen LogP contribution in [-0.4, -0.2) is 30.6 Å². The monoisotopic (exact) mass is 480 g/mol. The van der Waals surface area contributed by atoms with E-state index < -0.39 is 30.1 Å². The Labute approximate surface area is 209 Å². The Morgan fingerprint density at radius 3 is 1.36 bits per heavy atom. The molecule has 6 heteroatoms. The average Bonchev–Trinajstić information content (AvgIpc) is 2.95. The van der Waals surface area contributed by atoms with Gasteiger partial charge in [0.2, 0.25) is 0 Å². The Balaban J connectivity index is 1.63. The lowest BCUT2D eigenvalue weighted by Gasteiger charge is -2.27. The predicted octanol–water partition coefficient (Wildman–Crippen LogP) is 5.67. The van der Waals surface area contributed by atoms with E-state index in [0.29, 0.717) is 22.3 Å². The molecule has 0 amide bonds. The third kappa shape index (κ3) is 6.45. The van der Waals surface area contributed by atoms with E-state index >= 15 is 0 Å². The molecule has 0 saturated carbocycles. The zero-order valence-corrected chi connectivity index (χ0v) is 19.4. The van der Waals surface area contributed by atoms with Crippen LogP contribution in [0.2, 0.25) is 0 Å². The lowest BCUT2D eigenvalue weighted by molar-refractivity contribution is -0.0592. The van der Waals surface area contributed by atoms with Gasteiger partial charge < -0.3 is 14.2 Å². The van der Waals surface area contributed by atoms with Crippen LogP contribution < -0.4 is 0 Å². The van der Waals surface area contributed by atoms with Crippen LogP contribution in [-0.2, 0) is 14.2 Å². The number of carbonyl (C=O) groups is 3. The number of esters is 3. The van der Waals surface area contributed by atoms with Gasteiger partial charge in [0.25, 0.3) is 0 Å². The zero-order chi connectivity index (χ0) is 25.2. The molecule has 0 unspecified atom stereocenters. The molecular weight excluding hydrogens is 456 g/mol. The van der Waals surface area contributed by atoms with E-state index in [4.69, 9.17) is 14.2 Å². The molecule has 4 rings (SSSR count). The summed E-state index contributed by atoms with van der Waals surface area (Å²) in [7, 11) is 0. The van der Waals surface area contributed by atoms with E-state index in [-0.39, 0.29) is 6.61 Å². The van der Waals surface area contributed by atoms with Crippen LogP contribution in [0.1, 0.15) is 42.7 Å². The Morgan fingerprint density at radius 2 is 0.889 bits per heavy atom. The molecule has 0 fully saturated rings. The minimum absolute atomic E-state index is 0.318. The van der Waals surface area contributed by atoms with Gasteiger partial charge in [-0.25, -0.2) is 14.4 Å². The first-order valence-electron chi connectivity index (χ1n) is 11.4. The van der Waals surface area contributed by atoms with Gasteiger partial charge in [-0.05, 0) is 42.0 Å². The summed E-state index contributed by atoms with van der Waals surface area (Å²) in [5, 5.41) is 0. The number of carbonyl (C=O) groups excluding carboxylic acids is 3. The van der Waals surface area contributed by atoms with E-state index in [1.807, 2.05) is 6.07 Å². The van der Waals surface area contributed by atoms with Crippen molar-refractivity contribution in [3.05, 3.63) is 144 Å². The maximum absolute atomic E-state index is 13.0. The average molecular weight is 481 g/mol. The van der Waals surface area contributed by atoms with Crippen molar-refractivity contribution in [2.45, 2.75) is 12.2 Å². The second-order valence-corrected chi connectivity index (χ2v) is 7.88. The lowest BCUT2D eigenvalue weighted by atomic mass is 10.0. The summed E-state index contributed by atoms with van der Waals surface area (Å²) in [6, 6.07) is 34.3. The standard InChI is InChI=1S/C30H24O6/c31-28(23-15-7-2-8-16-23)34-21-26(35-29(32)24-17-9-3-10-18-24)27(22-13-5-1-6-14-22)36-30(33)25-19-11-4-12-20-25/h1-20,26-27H,21H2/t26-,27+/m0/s1. The molecule has 0 radical (unpaired) electrons. The lowest BCUT2D eigenvalue weighted by Crippen LogP contribution is -2.34. The third-order valence-corrected chi connectivity index (χ3v) is 5.37. The SMILES string of the molecule is O=C(OC[C@H](OC(=O)c1ccccc1)[C@H](OC(=O)c1ccccc1)c1ccccc1)c1ccccc1. The number of ether oxygens (including phenoxy) is 3. The summed E-state index contributed by atoms with van der Waals surface area (Å²) in [5.41, 5.74) is 1.59. The van der Waals surface area contributed by atoms with E-state index in [1.54, 1.807) is 115 Å². The van der Waals surface area contributed by atoms with Crippen molar-refractivity contribution in [3.63, 3.8) is 0 Å². The summed E-state index contributed by atoms with van der Waals surface area (Å²) in [4.78, 5) is 38.6. The van der Waals surface area contributed by atoms with Crippen LogP contribution in [0.5, 0.6) is 0 Å². The van der Waals surface area contributed by atoms with Crippen LogP contribution in [0.4, 0.5) is 0 Å². The number of rotatable bonds is 9. The highest BCUT2D eigenvalue weighted by Gasteiger charge is 2.32. The molecule has 6 nitrogen and oxygen atoms in total. The first kappa shape index (κ1) is 24.4. The van der Waals surface area contributed by atoms with Gasteiger partial charge in [0, 0.05) is 0 Å². The van der Waals surface area contributed by atoms with Crippen molar-refractivity contribution in [2.75, 3.05) is 6.61 Å². The molecule has 0 aromatic heterocycles. The van der Waals surface area contributed by atoms with Gasteiger partial charge in [-0.2, -0.15) is 0 Å². The van der Waals surface area contributed by atoms with Crippen molar-refractivity contribution in [1.29, 1.82) is 0 Å². The minimum Gasteiger partial charge on any atom is -0.458 e. The van der Waals surface area contributed by atoms with E-state index in [0.717, 1.165) is 0 Å². The topological polar surface area (TPSA) is 78.9 Å². The summed E-state index contributed by atoms with van der Waals surface area (Å²) in [5.74, 6) is -1.81. The highest BCUT2D eigenvalue weighted by atomic mass is 16.6. The van der Waals surface area contributed by atoms with Crippen LogP contribution in [0.25, 0.3) is 0 Å². The molecule has 0 aliphatic heterocycles. The summed E-state index contributed by atoms with van der Waals surface area (Å²) < 4.78 is 17.1. The minimum atomic E-state index is -1.11. The van der Waals surface area contributed by atoms with Gasteiger partial charge in [-0.3, -0.25) is 0 Å². The van der Waals surface area contributed by atoms with Crippen LogP contribution >= 0.6 is 0 Å². The number of hydrogen-bond donors (Lipinski definition) is 0. The number of benzene rings is 4. The second kappa shape index (κ2) is 12.1. The largest absolute Gasteiger partial charge is 0.458 e. The van der Waals surface area contributed by atoms with Gasteiger partial charge in [0.15, 0.2) is 12.2 Å². The fourth-order valence-corrected chi connectivity index (χ4v) is 3.54. The fraction of sp³-hybridized carbons (Fsp3) is 0.100. The predicted molar refractivity (Wildman–Crippen MR) is 133 cm³/mol. The molecule has 2 atom stereocenters.